The molecule has 0 radical (unpaired) electrons. The molecule has 6 nitrogen and oxygen atoms in total. The number of ketones is 2. The van der Waals surface area contributed by atoms with Gasteiger partial charge in [-0.2, -0.15) is 0 Å². The third-order valence-corrected chi connectivity index (χ3v) is 8.56. The molecule has 0 amide bonds. The van der Waals surface area contributed by atoms with E-state index in [0.717, 1.165) is 32.1 Å². The minimum Gasteiger partial charge on any atom is -0.468 e. The molecule has 6 heteroatoms. The monoisotopic (exact) mass is 392 g/mol. The van der Waals surface area contributed by atoms with Crippen LogP contribution in [0.1, 0.15) is 58.3 Å². The summed E-state index contributed by atoms with van der Waals surface area (Å²) in [6.07, 6.45) is 5.69. The summed E-state index contributed by atoms with van der Waals surface area (Å²) in [6.45, 7) is 2.47. The molecule has 4 aliphatic rings. The molecule has 4 saturated carbocycles. The normalized spacial score (nSPS) is 45.2. The van der Waals surface area contributed by atoms with Crippen molar-refractivity contribution in [3.63, 3.8) is 0 Å². The summed E-state index contributed by atoms with van der Waals surface area (Å²) in [5, 5.41) is 0. The zero-order chi connectivity index (χ0) is 20.1. The lowest BCUT2D eigenvalue weighted by atomic mass is 9.44. The third kappa shape index (κ3) is 2.56. The Labute approximate surface area is 166 Å². The maximum Gasteiger partial charge on any atom is 0.319 e. The lowest BCUT2D eigenvalue weighted by Gasteiger charge is -2.57. The average molecular weight is 392 g/mol. The molecule has 4 aliphatic carbocycles. The summed E-state index contributed by atoms with van der Waals surface area (Å²) in [5.41, 5.74) is -1.23. The molecule has 0 aromatic carbocycles. The van der Waals surface area contributed by atoms with Crippen LogP contribution in [0.15, 0.2) is 0 Å². The first-order valence-electron chi connectivity index (χ1n) is 10.7. The van der Waals surface area contributed by atoms with Crippen molar-refractivity contribution in [1.82, 2.24) is 0 Å². The number of methoxy groups -OCH3 is 2. The van der Waals surface area contributed by atoms with E-state index in [-0.39, 0.29) is 53.6 Å². The Morgan fingerprint density at radius 1 is 1.11 bits per heavy atom. The maximum atomic E-state index is 13.3. The quantitative estimate of drug-likeness (QED) is 0.416. The number of esters is 1. The second-order valence-corrected chi connectivity index (χ2v) is 9.47. The van der Waals surface area contributed by atoms with Crippen molar-refractivity contribution in [1.29, 1.82) is 0 Å². The van der Waals surface area contributed by atoms with Crippen LogP contribution in [-0.2, 0) is 28.6 Å². The average Bonchev–Trinajstić information content (AvgIpc) is 3.02. The number of hydrogen-bond acceptors (Lipinski definition) is 6. The zero-order valence-electron chi connectivity index (χ0n) is 17.2. The van der Waals surface area contributed by atoms with E-state index in [1.165, 1.54) is 7.11 Å². The predicted octanol–water partition coefficient (Wildman–Crippen LogP) is 2.92. The van der Waals surface area contributed by atoms with E-state index in [2.05, 4.69) is 6.92 Å². The third-order valence-electron chi connectivity index (χ3n) is 8.56. The molecule has 0 N–H and O–H groups in total. The summed E-state index contributed by atoms with van der Waals surface area (Å²) in [4.78, 5) is 39.6. The van der Waals surface area contributed by atoms with Gasteiger partial charge in [0.15, 0.2) is 5.78 Å². The van der Waals surface area contributed by atoms with Crippen molar-refractivity contribution >= 4 is 17.5 Å². The maximum absolute atomic E-state index is 13.3. The van der Waals surface area contributed by atoms with Gasteiger partial charge in [-0.1, -0.05) is 6.92 Å². The van der Waals surface area contributed by atoms with E-state index in [1.54, 1.807) is 7.11 Å². The molecular formula is C22H32O6. The highest BCUT2D eigenvalue weighted by Gasteiger charge is 2.69. The van der Waals surface area contributed by atoms with E-state index < -0.39 is 11.4 Å². The van der Waals surface area contributed by atoms with Crippen molar-refractivity contribution in [3.05, 3.63) is 0 Å². The van der Waals surface area contributed by atoms with Crippen molar-refractivity contribution in [2.24, 2.45) is 34.5 Å². The van der Waals surface area contributed by atoms with Crippen LogP contribution in [0, 0.1) is 34.5 Å². The highest BCUT2D eigenvalue weighted by molar-refractivity contribution is 6.07. The predicted molar refractivity (Wildman–Crippen MR) is 100 cm³/mol. The van der Waals surface area contributed by atoms with Crippen LogP contribution in [0.5, 0.6) is 0 Å². The highest BCUT2D eigenvalue weighted by atomic mass is 16.7. The van der Waals surface area contributed by atoms with Crippen LogP contribution in [0.3, 0.4) is 0 Å². The Bertz CT molecular complexity index is 664. The smallest absolute Gasteiger partial charge is 0.319 e. The minimum atomic E-state index is -1.11. The number of rotatable bonds is 4. The van der Waals surface area contributed by atoms with E-state index in [0.29, 0.717) is 19.3 Å². The van der Waals surface area contributed by atoms with Gasteiger partial charge in [0.2, 0.25) is 0 Å². The first kappa shape index (κ1) is 20.0. The molecule has 0 heterocycles. The SMILES string of the molecule is COCO[C@H]1CC[C@H]2[C@@H]3C(=O)C[C@H]4CCCC(=O)[C@@]4(C(=O)OC)[C@@H]3CC[C@]12C. The molecule has 7 atom stereocenters. The van der Waals surface area contributed by atoms with Crippen molar-refractivity contribution in [2.75, 3.05) is 21.0 Å². The van der Waals surface area contributed by atoms with Gasteiger partial charge >= 0.3 is 5.97 Å². The summed E-state index contributed by atoms with van der Waals surface area (Å²) in [7, 11) is 2.99. The van der Waals surface area contributed by atoms with Crippen molar-refractivity contribution in [3.8, 4) is 0 Å². The molecule has 4 fully saturated rings. The van der Waals surface area contributed by atoms with E-state index in [4.69, 9.17) is 14.2 Å². The summed E-state index contributed by atoms with van der Waals surface area (Å²) in [5.74, 6) is -0.664. The van der Waals surface area contributed by atoms with Crippen LogP contribution >= 0.6 is 0 Å². The Hall–Kier alpha value is -1.27. The molecule has 0 spiro atoms. The second kappa shape index (κ2) is 7.21. The van der Waals surface area contributed by atoms with E-state index in [1.807, 2.05) is 0 Å². The van der Waals surface area contributed by atoms with Crippen LogP contribution in [-0.4, -0.2) is 44.7 Å². The standard InChI is InChI=1S/C22H32O6/c1-21-10-9-15-19(14(21)7-8-18(21)28-12-26-2)16(23)11-13-5-4-6-17(24)22(13,15)20(25)27-3/h13-15,18-19H,4-12H2,1-3H3/t13-,14+,15-,18+,19+,21+,22+/m1/s1. The number of carbonyl (C=O) groups excluding carboxylic acids is 3. The summed E-state index contributed by atoms with van der Waals surface area (Å²) >= 11 is 0. The molecule has 4 rings (SSSR count). The van der Waals surface area contributed by atoms with E-state index in [9.17, 15) is 14.4 Å². The van der Waals surface area contributed by atoms with Gasteiger partial charge in [-0.15, -0.1) is 0 Å². The topological polar surface area (TPSA) is 78.9 Å². The number of Topliss-reactive ketones (excluding diaryl/α,β-unsaturated/α-hetero) is 2. The molecule has 0 aromatic rings. The molecule has 0 bridgehead atoms. The summed E-state index contributed by atoms with van der Waals surface area (Å²) < 4.78 is 16.3. The molecule has 28 heavy (non-hydrogen) atoms. The highest BCUT2D eigenvalue weighted by Crippen LogP contribution is 2.65. The van der Waals surface area contributed by atoms with Gasteiger partial charge in [-0.25, -0.2) is 0 Å². The van der Waals surface area contributed by atoms with Gasteiger partial charge in [0.1, 0.15) is 18.0 Å². The number of fused-ring (bicyclic) bond motifs is 5. The second-order valence-electron chi connectivity index (χ2n) is 9.47. The Kier molecular flexibility index (Phi) is 5.15. The molecule has 0 unspecified atom stereocenters. The Morgan fingerprint density at radius 3 is 2.61 bits per heavy atom. The van der Waals surface area contributed by atoms with Crippen LogP contribution in [0.4, 0.5) is 0 Å². The largest absolute Gasteiger partial charge is 0.468 e. The number of ether oxygens (including phenoxy) is 3. The van der Waals surface area contributed by atoms with Crippen molar-refractivity contribution < 1.29 is 28.6 Å². The lowest BCUT2D eigenvalue weighted by molar-refractivity contribution is -0.190. The minimum absolute atomic E-state index is 0.00637. The molecule has 0 aromatic heterocycles. The summed E-state index contributed by atoms with van der Waals surface area (Å²) in [6, 6.07) is 0. The van der Waals surface area contributed by atoms with Gasteiger partial charge in [0.25, 0.3) is 0 Å². The van der Waals surface area contributed by atoms with Crippen molar-refractivity contribution in [2.45, 2.75) is 64.4 Å². The number of hydrogen-bond donors (Lipinski definition) is 0. The van der Waals surface area contributed by atoms with Crippen LogP contribution in [0.25, 0.3) is 0 Å². The fraction of sp³-hybridized carbons (Fsp3) is 0.864. The first-order valence-corrected chi connectivity index (χ1v) is 10.7. The lowest BCUT2D eigenvalue weighted by Crippen LogP contribution is -2.64. The van der Waals surface area contributed by atoms with E-state index >= 15 is 0 Å². The zero-order valence-corrected chi connectivity index (χ0v) is 17.2. The molecule has 0 saturated heterocycles. The molecule has 156 valence electrons. The molecular weight excluding hydrogens is 360 g/mol. The van der Waals surface area contributed by atoms with Gasteiger partial charge in [0, 0.05) is 25.9 Å². The van der Waals surface area contributed by atoms with Gasteiger partial charge in [-0.05, 0) is 61.7 Å². The van der Waals surface area contributed by atoms with Gasteiger partial charge in [0.05, 0.1) is 13.2 Å². The fourth-order valence-electron chi connectivity index (χ4n) is 7.40. The van der Waals surface area contributed by atoms with Gasteiger partial charge in [-0.3, -0.25) is 14.4 Å². The van der Waals surface area contributed by atoms with Gasteiger partial charge < -0.3 is 14.2 Å². The van der Waals surface area contributed by atoms with Crippen LogP contribution < -0.4 is 0 Å². The first-order chi connectivity index (χ1) is 13.4. The number of carbonyl (C=O) groups is 3. The van der Waals surface area contributed by atoms with Crippen LogP contribution in [0.2, 0.25) is 0 Å². The Morgan fingerprint density at radius 2 is 1.89 bits per heavy atom. The Balaban J connectivity index is 1.72. The molecule has 0 aliphatic heterocycles. The fourth-order valence-corrected chi connectivity index (χ4v) is 7.40.